The summed E-state index contributed by atoms with van der Waals surface area (Å²) in [6.07, 6.45) is 0.382. The average molecular weight is 450 g/mol. The minimum absolute atomic E-state index is 0.216. The summed E-state index contributed by atoms with van der Waals surface area (Å²) < 4.78 is 10.3. The summed E-state index contributed by atoms with van der Waals surface area (Å²) in [4.78, 5) is 49.0. The lowest BCUT2D eigenvalue weighted by Gasteiger charge is -2.23. The number of nitrogens with one attached hydrogen (secondary N) is 2. The largest absolute Gasteiger partial charge is 0.481 e. The fraction of sp³-hybridized carbons (Fsp3) is 0.368. The van der Waals surface area contributed by atoms with Gasteiger partial charge < -0.3 is 25.2 Å². The van der Waals surface area contributed by atoms with Gasteiger partial charge in [-0.2, -0.15) is 0 Å². The molecule has 2 aromatic heterocycles. The third-order valence-corrected chi connectivity index (χ3v) is 6.97. The third-order valence-electron chi connectivity index (χ3n) is 5.31. The van der Waals surface area contributed by atoms with Gasteiger partial charge in [-0.05, 0) is 35.7 Å². The van der Waals surface area contributed by atoms with E-state index in [4.69, 9.17) is 9.47 Å². The van der Waals surface area contributed by atoms with Gasteiger partial charge in [0.05, 0.1) is 42.3 Å². The van der Waals surface area contributed by atoms with Crippen molar-refractivity contribution in [3.63, 3.8) is 0 Å². The number of methoxy groups -OCH3 is 1. The van der Waals surface area contributed by atoms with E-state index in [0.717, 1.165) is 11.3 Å². The van der Waals surface area contributed by atoms with E-state index in [0.29, 0.717) is 22.8 Å². The lowest BCUT2D eigenvalue weighted by molar-refractivity contribution is -0.147. The first kappa shape index (κ1) is 20.5. The highest BCUT2D eigenvalue weighted by Gasteiger charge is 2.55. The normalized spacial score (nSPS) is 24.4. The third kappa shape index (κ3) is 3.59. The number of carboxylic acids is 1. The van der Waals surface area contributed by atoms with E-state index >= 15 is 0 Å². The van der Waals surface area contributed by atoms with Crippen molar-refractivity contribution in [3.8, 4) is 0 Å². The maximum atomic E-state index is 12.9. The van der Waals surface area contributed by atoms with Gasteiger partial charge >= 0.3 is 11.9 Å². The number of rotatable bonds is 6. The maximum Gasteiger partial charge on any atom is 0.340 e. The second kappa shape index (κ2) is 8.17. The predicted octanol–water partition coefficient (Wildman–Crippen LogP) is 2.67. The molecule has 2 bridgehead atoms. The highest BCUT2D eigenvalue weighted by Crippen LogP contribution is 2.44. The van der Waals surface area contributed by atoms with Gasteiger partial charge in [0.2, 0.25) is 5.91 Å². The van der Waals surface area contributed by atoms with Crippen LogP contribution in [0.4, 0.5) is 10.0 Å². The van der Waals surface area contributed by atoms with Gasteiger partial charge in [0, 0.05) is 0 Å². The Labute approximate surface area is 179 Å². The first-order valence-electron chi connectivity index (χ1n) is 9.14. The van der Waals surface area contributed by atoms with Crippen LogP contribution < -0.4 is 10.6 Å². The Hall–Kier alpha value is -2.76. The van der Waals surface area contributed by atoms with E-state index in [9.17, 15) is 24.3 Å². The van der Waals surface area contributed by atoms with Crippen molar-refractivity contribution < 1.29 is 33.8 Å². The second-order valence-corrected chi connectivity index (χ2v) is 8.77. The standard InChI is InChI=1S/C19H18N2O7S2/c1-27-19(26)9-5-7-30-17(9)20-14(22)8-4-6-29-16(8)21-15(23)12-10-2-3-11(28-10)13(12)18(24)25/h4-7,10-13H,2-3H2,1H3,(H,20,22)(H,21,23)(H,24,25)/t10-,11+,12-,13-/m0/s1. The molecule has 0 aromatic carbocycles. The number of fused-ring (bicyclic) bond motifs is 2. The molecule has 4 rings (SSSR count). The quantitative estimate of drug-likeness (QED) is 0.577. The summed E-state index contributed by atoms with van der Waals surface area (Å²) >= 11 is 2.33. The first-order valence-corrected chi connectivity index (χ1v) is 10.9. The zero-order valence-electron chi connectivity index (χ0n) is 15.7. The smallest absolute Gasteiger partial charge is 0.340 e. The molecular weight excluding hydrogens is 432 g/mol. The Bertz CT molecular complexity index is 1010. The van der Waals surface area contributed by atoms with Crippen molar-refractivity contribution in [1.82, 2.24) is 0 Å². The lowest BCUT2D eigenvalue weighted by Crippen LogP contribution is -2.41. The number of hydrogen-bond donors (Lipinski definition) is 3. The number of amides is 2. The Morgan fingerprint density at radius 2 is 1.60 bits per heavy atom. The molecule has 2 fully saturated rings. The number of carbonyl (C=O) groups excluding carboxylic acids is 3. The zero-order chi connectivity index (χ0) is 21.4. The molecule has 30 heavy (non-hydrogen) atoms. The predicted molar refractivity (Wildman–Crippen MR) is 109 cm³/mol. The highest BCUT2D eigenvalue weighted by molar-refractivity contribution is 7.15. The van der Waals surface area contributed by atoms with Crippen LogP contribution in [0.1, 0.15) is 33.6 Å². The number of ether oxygens (including phenoxy) is 2. The van der Waals surface area contributed by atoms with Crippen LogP contribution in [-0.2, 0) is 19.1 Å². The van der Waals surface area contributed by atoms with Crippen LogP contribution in [0, 0.1) is 11.8 Å². The second-order valence-electron chi connectivity index (χ2n) is 6.94. The zero-order valence-corrected chi connectivity index (χ0v) is 17.4. The van der Waals surface area contributed by atoms with E-state index < -0.39 is 47.8 Å². The Balaban J connectivity index is 1.49. The molecule has 2 saturated heterocycles. The molecular formula is C19H18N2O7S2. The average Bonchev–Trinajstić information content (AvgIpc) is 3.50. The minimum Gasteiger partial charge on any atom is -0.481 e. The van der Waals surface area contributed by atoms with Gasteiger partial charge in [-0.1, -0.05) is 0 Å². The van der Waals surface area contributed by atoms with E-state index in [2.05, 4.69) is 10.6 Å². The lowest BCUT2D eigenvalue weighted by atomic mass is 9.79. The van der Waals surface area contributed by atoms with Crippen LogP contribution in [0.5, 0.6) is 0 Å². The molecule has 2 amide bonds. The number of carbonyl (C=O) groups is 4. The van der Waals surface area contributed by atoms with Gasteiger partial charge in [-0.3, -0.25) is 14.4 Å². The number of anilines is 2. The molecule has 0 unspecified atom stereocenters. The van der Waals surface area contributed by atoms with Crippen LogP contribution in [0.3, 0.4) is 0 Å². The number of aliphatic carboxylic acids is 1. The molecule has 2 aliphatic rings. The molecule has 158 valence electrons. The van der Waals surface area contributed by atoms with Crippen molar-refractivity contribution in [2.75, 3.05) is 17.7 Å². The number of carboxylic acid groups (broad SMARTS) is 1. The molecule has 0 saturated carbocycles. The van der Waals surface area contributed by atoms with Crippen LogP contribution in [-0.4, -0.2) is 48.2 Å². The molecule has 0 spiro atoms. The van der Waals surface area contributed by atoms with E-state index in [1.54, 1.807) is 22.9 Å². The molecule has 0 radical (unpaired) electrons. The Morgan fingerprint density at radius 3 is 2.23 bits per heavy atom. The molecule has 0 aliphatic carbocycles. The summed E-state index contributed by atoms with van der Waals surface area (Å²) in [7, 11) is 1.25. The summed E-state index contributed by atoms with van der Waals surface area (Å²) in [5.41, 5.74) is 0.452. The van der Waals surface area contributed by atoms with Crippen molar-refractivity contribution in [2.24, 2.45) is 11.8 Å². The van der Waals surface area contributed by atoms with Gasteiger partial charge in [0.1, 0.15) is 10.0 Å². The fourth-order valence-corrected chi connectivity index (χ4v) is 5.51. The molecule has 4 atom stereocenters. The van der Waals surface area contributed by atoms with Crippen LogP contribution >= 0.6 is 22.7 Å². The minimum atomic E-state index is -1.06. The monoisotopic (exact) mass is 450 g/mol. The van der Waals surface area contributed by atoms with Gasteiger partial charge in [-0.15, -0.1) is 22.7 Å². The fourth-order valence-electron chi connectivity index (χ4n) is 3.95. The summed E-state index contributed by atoms with van der Waals surface area (Å²) in [5, 5.41) is 18.8. The topological polar surface area (TPSA) is 131 Å². The van der Waals surface area contributed by atoms with E-state index in [-0.39, 0.29) is 11.1 Å². The first-order chi connectivity index (χ1) is 14.4. The van der Waals surface area contributed by atoms with Crippen LogP contribution in [0.2, 0.25) is 0 Å². The maximum absolute atomic E-state index is 12.9. The Morgan fingerprint density at radius 1 is 1.00 bits per heavy atom. The molecule has 2 aliphatic heterocycles. The Kier molecular flexibility index (Phi) is 5.58. The van der Waals surface area contributed by atoms with Gasteiger partial charge in [-0.25, -0.2) is 4.79 Å². The van der Waals surface area contributed by atoms with Crippen molar-refractivity contribution >= 4 is 56.4 Å². The van der Waals surface area contributed by atoms with Crippen molar-refractivity contribution in [2.45, 2.75) is 25.0 Å². The van der Waals surface area contributed by atoms with Gasteiger partial charge in [0.15, 0.2) is 0 Å². The van der Waals surface area contributed by atoms with Crippen molar-refractivity contribution in [1.29, 1.82) is 0 Å². The van der Waals surface area contributed by atoms with Crippen LogP contribution in [0.25, 0.3) is 0 Å². The molecule has 3 N–H and O–H groups in total. The summed E-state index contributed by atoms with van der Waals surface area (Å²) in [6, 6.07) is 3.09. The SMILES string of the molecule is COC(=O)c1ccsc1NC(=O)c1ccsc1NC(=O)[C@@H]1[C@@H](C(=O)O)[C@H]2CC[C@@H]1O2. The number of thiophene rings is 2. The van der Waals surface area contributed by atoms with Gasteiger partial charge in [0.25, 0.3) is 5.91 Å². The number of esters is 1. The highest BCUT2D eigenvalue weighted by atomic mass is 32.1. The summed E-state index contributed by atoms with van der Waals surface area (Å²) in [6.45, 7) is 0. The van der Waals surface area contributed by atoms with Crippen molar-refractivity contribution in [3.05, 3.63) is 34.0 Å². The van der Waals surface area contributed by atoms with E-state index in [1.807, 2.05) is 0 Å². The molecule has 11 heteroatoms. The summed E-state index contributed by atoms with van der Waals surface area (Å²) in [5.74, 6) is -4.30. The molecule has 4 heterocycles. The molecule has 2 aromatic rings. The van der Waals surface area contributed by atoms with Crippen LogP contribution in [0.15, 0.2) is 22.9 Å². The number of hydrogen-bond acceptors (Lipinski definition) is 8. The van der Waals surface area contributed by atoms with E-state index in [1.165, 1.54) is 18.4 Å². The molecule has 9 nitrogen and oxygen atoms in total.